The maximum Gasteiger partial charge on any atom is 0.338 e. The van der Waals surface area contributed by atoms with E-state index in [0.717, 1.165) is 17.9 Å². The number of unbranched alkanes of at least 4 members (excludes halogenated alkanes) is 13. The average molecular weight is 618 g/mol. The van der Waals surface area contributed by atoms with Gasteiger partial charge in [-0.15, -0.1) is 11.6 Å². The van der Waals surface area contributed by atoms with Gasteiger partial charge in [0, 0.05) is 12.4 Å². The number of thioether (sulfide) groups is 1. The minimum absolute atomic E-state index is 0.0596. The summed E-state index contributed by atoms with van der Waals surface area (Å²) >= 11 is 7.58. The third-order valence-corrected chi connectivity index (χ3v) is 10.1. The standard InChI is InChI=1S/C32H56ClNO4S2/c1-2-3-4-5-6-7-8-9-10-11-12-13-14-18-26-39-29-30(28-34-40(36,37)27-20-24-33)21-19-25-38-32(35)31-22-16-15-17-23-31/h15-17,22-23,30,34H,2-14,18-21,24-29H2,1H3. The average Bonchev–Trinajstić information content (AvgIpc) is 2.96. The van der Waals surface area contributed by atoms with Crippen molar-refractivity contribution >= 4 is 39.4 Å². The summed E-state index contributed by atoms with van der Waals surface area (Å²) in [6.07, 6.45) is 21.0. The summed E-state index contributed by atoms with van der Waals surface area (Å²) in [4.78, 5) is 12.2. The summed E-state index contributed by atoms with van der Waals surface area (Å²) < 4.78 is 32.7. The van der Waals surface area contributed by atoms with Crippen molar-refractivity contribution in [1.82, 2.24) is 4.72 Å². The van der Waals surface area contributed by atoms with Crippen LogP contribution in [0.5, 0.6) is 0 Å². The number of sulfonamides is 1. The van der Waals surface area contributed by atoms with Crippen LogP contribution in [0.4, 0.5) is 0 Å². The molecule has 1 aromatic rings. The van der Waals surface area contributed by atoms with Gasteiger partial charge in [-0.3, -0.25) is 0 Å². The lowest BCUT2D eigenvalue weighted by molar-refractivity contribution is 0.0494. The Hall–Kier alpha value is -0.760. The predicted molar refractivity (Wildman–Crippen MR) is 174 cm³/mol. The van der Waals surface area contributed by atoms with E-state index in [1.807, 2.05) is 30.0 Å². The lowest BCUT2D eigenvalue weighted by atomic mass is 10.0. The summed E-state index contributed by atoms with van der Waals surface area (Å²) in [5.74, 6) is 2.31. The number of halogens is 1. The van der Waals surface area contributed by atoms with Crippen LogP contribution < -0.4 is 4.72 Å². The second-order valence-electron chi connectivity index (χ2n) is 10.9. The van der Waals surface area contributed by atoms with Crippen LogP contribution in [0.3, 0.4) is 0 Å². The van der Waals surface area contributed by atoms with Gasteiger partial charge in [0.25, 0.3) is 0 Å². The Kier molecular flexibility index (Phi) is 24.1. The van der Waals surface area contributed by atoms with Gasteiger partial charge in [0.15, 0.2) is 0 Å². The molecule has 0 aliphatic rings. The first-order valence-corrected chi connectivity index (χ1v) is 19.2. The van der Waals surface area contributed by atoms with E-state index in [-0.39, 0.29) is 17.6 Å². The highest BCUT2D eigenvalue weighted by Gasteiger charge is 2.15. The van der Waals surface area contributed by atoms with Crippen LogP contribution in [0.1, 0.15) is 126 Å². The lowest BCUT2D eigenvalue weighted by Crippen LogP contribution is -2.32. The Morgan fingerprint density at radius 2 is 1.43 bits per heavy atom. The van der Waals surface area contributed by atoms with Gasteiger partial charge in [-0.25, -0.2) is 17.9 Å². The Morgan fingerprint density at radius 1 is 0.850 bits per heavy atom. The molecule has 1 atom stereocenters. The van der Waals surface area contributed by atoms with Crippen molar-refractivity contribution in [3.8, 4) is 0 Å². The zero-order valence-corrected chi connectivity index (χ0v) is 27.4. The second kappa shape index (κ2) is 25.9. The molecular weight excluding hydrogens is 562 g/mol. The van der Waals surface area contributed by atoms with Crippen molar-refractivity contribution in [2.24, 2.45) is 5.92 Å². The monoisotopic (exact) mass is 617 g/mol. The normalized spacial score (nSPS) is 12.4. The first-order valence-electron chi connectivity index (χ1n) is 15.8. The van der Waals surface area contributed by atoms with Crippen molar-refractivity contribution in [3.63, 3.8) is 0 Å². The summed E-state index contributed by atoms with van der Waals surface area (Å²) in [7, 11) is -3.31. The molecule has 1 aromatic carbocycles. The maximum atomic E-state index is 12.2. The fourth-order valence-electron chi connectivity index (χ4n) is 4.65. The van der Waals surface area contributed by atoms with E-state index >= 15 is 0 Å². The van der Waals surface area contributed by atoms with E-state index in [9.17, 15) is 13.2 Å². The number of benzene rings is 1. The first kappa shape index (κ1) is 37.3. The summed E-state index contributed by atoms with van der Waals surface area (Å²) in [5, 5.41) is 0. The van der Waals surface area contributed by atoms with Crippen LogP contribution >= 0.6 is 23.4 Å². The molecule has 0 radical (unpaired) electrons. The molecule has 0 aliphatic heterocycles. The van der Waals surface area contributed by atoms with Crippen LogP contribution in [-0.4, -0.2) is 50.7 Å². The lowest BCUT2D eigenvalue weighted by Gasteiger charge is -2.17. The Bertz CT molecular complexity index is 823. The van der Waals surface area contributed by atoms with Gasteiger partial charge < -0.3 is 4.74 Å². The van der Waals surface area contributed by atoms with Crippen LogP contribution in [0.25, 0.3) is 0 Å². The Morgan fingerprint density at radius 3 is 2.00 bits per heavy atom. The third-order valence-electron chi connectivity index (χ3n) is 7.13. The van der Waals surface area contributed by atoms with Crippen molar-refractivity contribution in [1.29, 1.82) is 0 Å². The highest BCUT2D eigenvalue weighted by molar-refractivity contribution is 7.99. The molecule has 0 aliphatic carbocycles. The quantitative estimate of drug-likeness (QED) is 0.0577. The minimum atomic E-state index is -3.31. The van der Waals surface area contributed by atoms with E-state index in [2.05, 4.69) is 11.6 Å². The third kappa shape index (κ3) is 21.9. The van der Waals surface area contributed by atoms with Gasteiger partial charge in [-0.1, -0.05) is 109 Å². The highest BCUT2D eigenvalue weighted by atomic mass is 35.5. The van der Waals surface area contributed by atoms with Crippen molar-refractivity contribution in [2.45, 2.75) is 116 Å². The molecule has 1 unspecified atom stereocenters. The number of rotatable bonds is 28. The maximum absolute atomic E-state index is 12.2. The number of hydrogen-bond acceptors (Lipinski definition) is 5. The SMILES string of the molecule is CCCCCCCCCCCCCCCCSCC(CCCOC(=O)c1ccccc1)CNS(=O)(=O)CCCCl. The molecule has 5 nitrogen and oxygen atoms in total. The van der Waals surface area contributed by atoms with Crippen molar-refractivity contribution < 1.29 is 17.9 Å². The summed E-state index contributed by atoms with van der Waals surface area (Å²) in [5.41, 5.74) is 0.551. The largest absolute Gasteiger partial charge is 0.462 e. The molecule has 8 heteroatoms. The number of hydrogen-bond donors (Lipinski definition) is 1. The molecule has 40 heavy (non-hydrogen) atoms. The van der Waals surface area contributed by atoms with Crippen LogP contribution in [0.15, 0.2) is 30.3 Å². The van der Waals surface area contributed by atoms with Crippen LogP contribution in [-0.2, 0) is 14.8 Å². The number of carbonyl (C=O) groups is 1. The number of ether oxygens (including phenoxy) is 1. The molecular formula is C32H56ClNO4S2. The van der Waals surface area contributed by atoms with Gasteiger partial charge in [0.1, 0.15) is 0 Å². The molecule has 0 fully saturated rings. The number of alkyl halides is 1. The van der Waals surface area contributed by atoms with Crippen molar-refractivity contribution in [3.05, 3.63) is 35.9 Å². The summed E-state index contributed by atoms with van der Waals surface area (Å²) in [6, 6.07) is 8.99. The molecule has 0 amide bonds. The van der Waals surface area contributed by atoms with E-state index < -0.39 is 10.0 Å². The van der Waals surface area contributed by atoms with E-state index in [0.29, 0.717) is 37.4 Å². The fourth-order valence-corrected chi connectivity index (χ4v) is 7.29. The topological polar surface area (TPSA) is 72.5 Å². The zero-order valence-electron chi connectivity index (χ0n) is 25.1. The van der Waals surface area contributed by atoms with E-state index in [1.165, 1.54) is 89.9 Å². The van der Waals surface area contributed by atoms with Crippen molar-refractivity contribution in [2.75, 3.05) is 36.3 Å². The molecule has 0 aromatic heterocycles. The summed E-state index contributed by atoms with van der Waals surface area (Å²) in [6.45, 7) is 3.03. The van der Waals surface area contributed by atoms with E-state index in [1.54, 1.807) is 12.1 Å². The molecule has 1 N–H and O–H groups in total. The Balaban J connectivity index is 2.18. The van der Waals surface area contributed by atoms with Gasteiger partial charge in [0.05, 0.1) is 17.9 Å². The zero-order chi connectivity index (χ0) is 29.2. The van der Waals surface area contributed by atoms with Crippen LogP contribution in [0, 0.1) is 5.92 Å². The highest BCUT2D eigenvalue weighted by Crippen LogP contribution is 2.18. The number of esters is 1. The first-order chi connectivity index (χ1) is 19.5. The van der Waals surface area contributed by atoms with E-state index in [4.69, 9.17) is 16.3 Å². The molecule has 232 valence electrons. The Labute approximate surface area is 255 Å². The molecule has 0 saturated heterocycles. The predicted octanol–water partition coefficient (Wildman–Crippen LogP) is 9.00. The van der Waals surface area contributed by atoms with Gasteiger partial charge in [-0.05, 0) is 55.2 Å². The smallest absolute Gasteiger partial charge is 0.338 e. The molecule has 0 saturated carbocycles. The number of nitrogens with one attached hydrogen (secondary N) is 1. The van der Waals surface area contributed by atoms with Crippen LogP contribution in [0.2, 0.25) is 0 Å². The molecule has 1 rings (SSSR count). The molecule has 0 bridgehead atoms. The molecule has 0 heterocycles. The minimum Gasteiger partial charge on any atom is -0.462 e. The van der Waals surface area contributed by atoms with Gasteiger partial charge in [0.2, 0.25) is 10.0 Å². The second-order valence-corrected chi connectivity index (χ2v) is 14.3. The fraction of sp³-hybridized carbons (Fsp3) is 0.781. The van der Waals surface area contributed by atoms with Gasteiger partial charge in [-0.2, -0.15) is 11.8 Å². The number of carbonyl (C=O) groups excluding carboxylic acids is 1. The van der Waals surface area contributed by atoms with Gasteiger partial charge >= 0.3 is 5.97 Å². The molecule has 0 spiro atoms.